The zero-order valence-corrected chi connectivity index (χ0v) is 21.4. The van der Waals surface area contributed by atoms with Gasteiger partial charge in [-0.25, -0.2) is 0 Å². The fourth-order valence-electron chi connectivity index (χ4n) is 4.57. The molecule has 3 heterocycles. The van der Waals surface area contributed by atoms with Gasteiger partial charge in [-0.15, -0.1) is 0 Å². The third-order valence-electron chi connectivity index (χ3n) is 6.10. The quantitative estimate of drug-likeness (QED) is 0.191. The standard InChI is InChI=1S/C25H29NO12/c1-13(27)32-12-18-19(34-14(2)28)20(35-15(3)29)21-24(36-18)38-25(4,37-21)33-11-7-10-26-22(30)16-8-5-6-9-17(16)23(26)31/h5-6,8-9,18-21,24H,7,10-12H2,1-4H3/t18-,19-,20+,21-,24-,25+/m1/s1. The van der Waals surface area contributed by atoms with E-state index in [1.807, 2.05) is 0 Å². The minimum absolute atomic E-state index is 0.0336. The molecule has 0 aliphatic carbocycles. The summed E-state index contributed by atoms with van der Waals surface area (Å²) in [6.07, 6.45) is -5.21. The minimum Gasteiger partial charge on any atom is -0.463 e. The van der Waals surface area contributed by atoms with Gasteiger partial charge in [0.1, 0.15) is 12.7 Å². The first-order valence-corrected chi connectivity index (χ1v) is 12.1. The number of benzene rings is 1. The first kappa shape index (κ1) is 27.6. The normalized spacial score (nSPS) is 30.0. The molecule has 0 aromatic heterocycles. The highest BCUT2D eigenvalue weighted by atomic mass is 16.9. The number of fused-ring (bicyclic) bond motifs is 2. The van der Waals surface area contributed by atoms with Crippen LogP contribution < -0.4 is 0 Å². The average molecular weight is 536 g/mol. The van der Waals surface area contributed by atoms with Gasteiger partial charge >= 0.3 is 17.9 Å². The lowest BCUT2D eigenvalue weighted by Crippen LogP contribution is -2.60. The molecule has 2 amide bonds. The predicted octanol–water partition coefficient (Wildman–Crippen LogP) is 0.930. The van der Waals surface area contributed by atoms with Gasteiger partial charge in [-0.05, 0) is 18.6 Å². The van der Waals surface area contributed by atoms with Crippen LogP contribution in [-0.4, -0.2) is 91.1 Å². The zero-order chi connectivity index (χ0) is 27.6. The molecule has 3 aliphatic rings. The summed E-state index contributed by atoms with van der Waals surface area (Å²) in [4.78, 5) is 61.2. The number of imide groups is 1. The van der Waals surface area contributed by atoms with Crippen molar-refractivity contribution in [1.82, 2.24) is 4.90 Å². The molecule has 4 rings (SSSR count). The van der Waals surface area contributed by atoms with E-state index in [2.05, 4.69) is 0 Å². The molecule has 206 valence electrons. The Morgan fingerprint density at radius 2 is 1.53 bits per heavy atom. The molecule has 1 aromatic rings. The first-order chi connectivity index (χ1) is 18.0. The van der Waals surface area contributed by atoms with Crippen LogP contribution in [0.5, 0.6) is 0 Å². The Bertz CT molecular complexity index is 1090. The Morgan fingerprint density at radius 3 is 2.11 bits per heavy atom. The van der Waals surface area contributed by atoms with E-state index in [0.717, 1.165) is 4.90 Å². The van der Waals surface area contributed by atoms with Crippen LogP contribution in [0.15, 0.2) is 24.3 Å². The van der Waals surface area contributed by atoms with E-state index in [4.69, 9.17) is 33.2 Å². The largest absolute Gasteiger partial charge is 0.463 e. The van der Waals surface area contributed by atoms with E-state index < -0.39 is 54.6 Å². The Morgan fingerprint density at radius 1 is 0.921 bits per heavy atom. The summed E-state index contributed by atoms with van der Waals surface area (Å²) in [6.45, 7) is 4.89. The van der Waals surface area contributed by atoms with Crippen molar-refractivity contribution in [3.63, 3.8) is 0 Å². The second-order valence-corrected chi connectivity index (χ2v) is 9.07. The molecular formula is C25H29NO12. The summed E-state index contributed by atoms with van der Waals surface area (Å²) >= 11 is 0. The Hall–Kier alpha value is -3.39. The molecule has 1 aromatic carbocycles. The molecule has 0 saturated carbocycles. The van der Waals surface area contributed by atoms with Gasteiger partial charge in [0.15, 0.2) is 24.6 Å². The number of carbonyl (C=O) groups excluding carboxylic acids is 5. The van der Waals surface area contributed by atoms with Gasteiger partial charge in [0, 0.05) is 34.2 Å². The van der Waals surface area contributed by atoms with Gasteiger partial charge in [-0.2, -0.15) is 0 Å². The Kier molecular flexibility index (Phi) is 8.11. The van der Waals surface area contributed by atoms with Gasteiger partial charge in [0.25, 0.3) is 17.8 Å². The lowest BCUT2D eigenvalue weighted by atomic mass is 9.98. The van der Waals surface area contributed by atoms with E-state index in [1.165, 1.54) is 27.7 Å². The van der Waals surface area contributed by atoms with Crippen LogP contribution >= 0.6 is 0 Å². The monoisotopic (exact) mass is 535 g/mol. The Balaban J connectivity index is 1.40. The molecule has 0 N–H and O–H groups in total. The van der Waals surface area contributed by atoms with E-state index in [1.54, 1.807) is 24.3 Å². The smallest absolute Gasteiger partial charge is 0.303 e. The second kappa shape index (κ2) is 11.2. The molecule has 38 heavy (non-hydrogen) atoms. The van der Waals surface area contributed by atoms with Crippen molar-refractivity contribution >= 4 is 29.7 Å². The van der Waals surface area contributed by atoms with Gasteiger partial charge < -0.3 is 28.4 Å². The number of hydrogen-bond donors (Lipinski definition) is 0. The van der Waals surface area contributed by atoms with Gasteiger partial charge in [0.05, 0.1) is 17.7 Å². The van der Waals surface area contributed by atoms with Crippen LogP contribution in [0.4, 0.5) is 0 Å². The van der Waals surface area contributed by atoms with Crippen LogP contribution in [0.3, 0.4) is 0 Å². The maximum Gasteiger partial charge on any atom is 0.303 e. The molecular weight excluding hydrogens is 506 g/mol. The number of hydrogen-bond acceptors (Lipinski definition) is 12. The third-order valence-corrected chi connectivity index (χ3v) is 6.10. The molecule has 2 fully saturated rings. The van der Waals surface area contributed by atoms with Crippen molar-refractivity contribution in [2.24, 2.45) is 0 Å². The molecule has 6 atom stereocenters. The van der Waals surface area contributed by atoms with Crippen LogP contribution in [0.25, 0.3) is 0 Å². The number of ether oxygens (including phenoxy) is 7. The molecule has 0 bridgehead atoms. The van der Waals surface area contributed by atoms with Crippen molar-refractivity contribution in [1.29, 1.82) is 0 Å². The van der Waals surface area contributed by atoms with Crippen LogP contribution in [0.1, 0.15) is 54.8 Å². The predicted molar refractivity (Wildman–Crippen MR) is 123 cm³/mol. The number of rotatable bonds is 9. The van der Waals surface area contributed by atoms with Crippen molar-refractivity contribution < 1.29 is 57.1 Å². The molecule has 2 saturated heterocycles. The van der Waals surface area contributed by atoms with E-state index in [0.29, 0.717) is 11.1 Å². The number of amides is 2. The highest BCUT2D eigenvalue weighted by Crippen LogP contribution is 2.39. The van der Waals surface area contributed by atoms with Crippen molar-refractivity contribution in [2.75, 3.05) is 19.8 Å². The van der Waals surface area contributed by atoms with E-state index in [-0.39, 0.29) is 38.0 Å². The summed E-state index contributed by atoms with van der Waals surface area (Å²) in [5.41, 5.74) is 0.715. The van der Waals surface area contributed by atoms with E-state index >= 15 is 0 Å². The fraction of sp³-hybridized carbons (Fsp3) is 0.560. The average Bonchev–Trinajstić information content (AvgIpc) is 3.30. The fourth-order valence-corrected chi connectivity index (χ4v) is 4.57. The zero-order valence-electron chi connectivity index (χ0n) is 21.4. The summed E-state index contributed by atoms with van der Waals surface area (Å²) in [6, 6.07) is 6.60. The molecule has 0 spiro atoms. The summed E-state index contributed by atoms with van der Waals surface area (Å²) in [5, 5.41) is 0. The second-order valence-electron chi connectivity index (χ2n) is 9.07. The summed E-state index contributed by atoms with van der Waals surface area (Å²) in [7, 11) is 0. The SMILES string of the molecule is CC(=O)OC[C@H]1O[C@@H]2O[C@@](C)(OCCCN3C(=O)c4ccccc4C3=O)O[C@@H]2[C@@H](OC(C)=O)[C@@H]1OC(C)=O. The highest BCUT2D eigenvalue weighted by molar-refractivity contribution is 6.21. The van der Waals surface area contributed by atoms with Gasteiger partial charge in [-0.3, -0.25) is 33.6 Å². The van der Waals surface area contributed by atoms with Crippen LogP contribution in [0, 0.1) is 0 Å². The van der Waals surface area contributed by atoms with Crippen molar-refractivity contribution in [2.45, 2.75) is 70.8 Å². The molecule has 0 unspecified atom stereocenters. The van der Waals surface area contributed by atoms with Crippen molar-refractivity contribution in [3.05, 3.63) is 35.4 Å². The highest BCUT2D eigenvalue weighted by Gasteiger charge is 2.59. The topological polar surface area (TPSA) is 153 Å². The maximum absolute atomic E-state index is 12.5. The van der Waals surface area contributed by atoms with Crippen molar-refractivity contribution in [3.8, 4) is 0 Å². The number of esters is 3. The molecule has 13 heteroatoms. The van der Waals surface area contributed by atoms with Crippen LogP contribution in [0.2, 0.25) is 0 Å². The molecule has 13 nitrogen and oxygen atoms in total. The molecule has 3 aliphatic heterocycles. The Labute approximate surface area is 218 Å². The lowest BCUT2D eigenvalue weighted by molar-refractivity contribution is -0.344. The number of carbonyl (C=O) groups is 5. The first-order valence-electron chi connectivity index (χ1n) is 12.1. The minimum atomic E-state index is -1.66. The van der Waals surface area contributed by atoms with Gasteiger partial charge in [-0.1, -0.05) is 12.1 Å². The number of nitrogens with zero attached hydrogens (tertiary/aromatic N) is 1. The van der Waals surface area contributed by atoms with E-state index in [9.17, 15) is 24.0 Å². The third kappa shape index (κ3) is 5.85. The van der Waals surface area contributed by atoms with Gasteiger partial charge in [0.2, 0.25) is 0 Å². The maximum atomic E-state index is 12.5. The van der Waals surface area contributed by atoms with Crippen LogP contribution in [-0.2, 0) is 47.5 Å². The lowest BCUT2D eigenvalue weighted by Gasteiger charge is -2.40. The summed E-state index contributed by atoms with van der Waals surface area (Å²) in [5.74, 6) is -4.33. The molecule has 0 radical (unpaired) electrons. The summed E-state index contributed by atoms with van der Waals surface area (Å²) < 4.78 is 39.2.